The molecule has 8 nitrogen and oxygen atoms in total. The number of amidine groups is 1. The minimum absolute atomic E-state index is 0.00750. The lowest BCUT2D eigenvalue weighted by molar-refractivity contribution is -0.383. The van der Waals surface area contributed by atoms with Crippen LogP contribution in [-0.2, 0) is 0 Å². The Morgan fingerprint density at radius 1 is 1.59 bits per heavy atom. The van der Waals surface area contributed by atoms with Crippen molar-refractivity contribution in [3.05, 3.63) is 22.2 Å². The number of halogens is 1. The highest BCUT2D eigenvalue weighted by Gasteiger charge is 2.20. The molecular weight excluding hydrogens is 250 g/mol. The van der Waals surface area contributed by atoms with Crippen molar-refractivity contribution in [3.8, 4) is 0 Å². The topological polar surface area (TPSA) is 120 Å². The Balaban J connectivity index is 2.74. The van der Waals surface area contributed by atoms with Gasteiger partial charge in [-0.2, -0.15) is 0 Å². The molecule has 9 heteroatoms. The van der Waals surface area contributed by atoms with Crippen molar-refractivity contribution >= 4 is 39.8 Å². The highest BCUT2D eigenvalue weighted by molar-refractivity contribution is 6.28. The first kappa shape index (κ1) is 11.3. The molecule has 1 aromatic heterocycles. The van der Waals surface area contributed by atoms with Crippen LogP contribution in [0.15, 0.2) is 21.8 Å². The van der Waals surface area contributed by atoms with Crippen molar-refractivity contribution < 1.29 is 9.55 Å². The van der Waals surface area contributed by atoms with E-state index in [1.807, 2.05) is 0 Å². The molecule has 0 radical (unpaired) electrons. The van der Waals surface area contributed by atoms with Gasteiger partial charge in [-0.05, 0) is 16.4 Å². The number of aromatic nitrogens is 2. The first-order valence-electron chi connectivity index (χ1n) is 4.42. The van der Waals surface area contributed by atoms with Crippen molar-refractivity contribution in [1.29, 1.82) is 0 Å². The Hall–Kier alpha value is -2.22. The van der Waals surface area contributed by atoms with E-state index in [-0.39, 0.29) is 28.6 Å². The number of hydrogen-bond acceptors (Lipinski definition) is 6. The van der Waals surface area contributed by atoms with E-state index >= 15 is 0 Å². The van der Waals surface area contributed by atoms with Gasteiger partial charge in [-0.15, -0.1) is 11.6 Å². The second kappa shape index (κ2) is 4.34. The van der Waals surface area contributed by atoms with E-state index in [4.69, 9.17) is 17.3 Å². The van der Waals surface area contributed by atoms with E-state index in [9.17, 15) is 10.1 Å². The number of benzene rings is 1. The van der Waals surface area contributed by atoms with Gasteiger partial charge in [0.25, 0.3) is 5.69 Å². The normalized spacial score (nSPS) is 11.9. The summed E-state index contributed by atoms with van der Waals surface area (Å²) in [5, 5.41) is 18.0. The highest BCUT2D eigenvalue weighted by atomic mass is 35.5. The van der Waals surface area contributed by atoms with Crippen molar-refractivity contribution in [3.63, 3.8) is 0 Å². The number of fused-ring (bicyclic) bond motifs is 1. The highest BCUT2D eigenvalue weighted by Crippen LogP contribution is 2.33. The fourth-order valence-electron chi connectivity index (χ4n) is 1.26. The fraction of sp³-hybridized carbons (Fsp3) is 0.125. The van der Waals surface area contributed by atoms with Crippen molar-refractivity contribution in [2.45, 2.75) is 0 Å². The second-order valence-electron chi connectivity index (χ2n) is 3.06. The zero-order chi connectivity index (χ0) is 12.4. The van der Waals surface area contributed by atoms with Crippen LogP contribution in [0.1, 0.15) is 0 Å². The third-order valence-corrected chi connectivity index (χ3v) is 2.24. The summed E-state index contributed by atoms with van der Waals surface area (Å²) < 4.78 is 4.49. The van der Waals surface area contributed by atoms with Gasteiger partial charge in [0, 0.05) is 6.07 Å². The molecule has 1 heterocycles. The van der Waals surface area contributed by atoms with Crippen molar-refractivity contribution in [2.75, 3.05) is 5.88 Å². The molecule has 0 amide bonds. The first-order chi connectivity index (χ1) is 8.13. The van der Waals surface area contributed by atoms with Crippen LogP contribution < -0.4 is 5.73 Å². The van der Waals surface area contributed by atoms with E-state index in [2.05, 4.69) is 19.9 Å². The lowest BCUT2D eigenvalue weighted by atomic mass is 10.2. The van der Waals surface area contributed by atoms with Crippen LogP contribution in [0.25, 0.3) is 11.0 Å². The molecule has 0 aliphatic heterocycles. The van der Waals surface area contributed by atoms with Gasteiger partial charge in [-0.1, -0.05) is 0 Å². The Labute approximate surface area is 99.2 Å². The molecule has 0 aliphatic rings. The Morgan fingerprint density at radius 2 is 2.35 bits per heavy atom. The molecule has 0 aliphatic carbocycles. The van der Waals surface area contributed by atoms with Crippen LogP contribution >= 0.6 is 11.6 Å². The van der Waals surface area contributed by atoms with Gasteiger partial charge in [0.2, 0.25) is 0 Å². The summed E-state index contributed by atoms with van der Waals surface area (Å²) in [5.74, 6) is 0.00371. The molecule has 1 aromatic carbocycles. The van der Waals surface area contributed by atoms with Gasteiger partial charge in [0.1, 0.15) is 11.4 Å². The summed E-state index contributed by atoms with van der Waals surface area (Å²) in [6.45, 7) is 0. The number of nitro benzene ring substituents is 1. The maximum absolute atomic E-state index is 10.8. The summed E-state index contributed by atoms with van der Waals surface area (Å²) in [4.78, 5) is 14.1. The molecule has 88 valence electrons. The molecule has 0 saturated heterocycles. The summed E-state index contributed by atoms with van der Waals surface area (Å²) >= 11 is 5.47. The minimum Gasteiger partial charge on any atom is -0.386 e. The van der Waals surface area contributed by atoms with Gasteiger partial charge in [0.15, 0.2) is 11.2 Å². The summed E-state index contributed by atoms with van der Waals surface area (Å²) in [5.41, 5.74) is 5.74. The molecular formula is C8H6ClN5O3. The number of nitrogens with zero attached hydrogens (tertiary/aromatic N) is 4. The zero-order valence-electron chi connectivity index (χ0n) is 8.33. The standard InChI is InChI=1S/C8H6ClN5O3/c9-3-6(10)11-8-5(14(15)16)2-1-4-7(8)13-17-12-4/h1-2H,3H2,(H2,10,11). The van der Waals surface area contributed by atoms with Gasteiger partial charge in [-0.25, -0.2) is 9.62 Å². The SMILES string of the molecule is NC(CCl)=Nc1c([N+](=O)[O-])ccc2nonc12. The Morgan fingerprint density at radius 3 is 3.00 bits per heavy atom. The zero-order valence-corrected chi connectivity index (χ0v) is 9.09. The van der Waals surface area contributed by atoms with Crippen LogP contribution in [0.4, 0.5) is 11.4 Å². The number of nitrogens with two attached hydrogens (primary N) is 1. The van der Waals surface area contributed by atoms with Gasteiger partial charge in [0.05, 0.1) is 10.8 Å². The molecule has 2 rings (SSSR count). The maximum atomic E-state index is 10.8. The van der Waals surface area contributed by atoms with E-state index < -0.39 is 4.92 Å². The predicted molar refractivity (Wildman–Crippen MR) is 60.5 cm³/mol. The maximum Gasteiger partial charge on any atom is 0.297 e. The molecule has 0 atom stereocenters. The first-order valence-corrected chi connectivity index (χ1v) is 4.95. The lowest BCUT2D eigenvalue weighted by Gasteiger charge is -1.98. The number of aliphatic imine (C=N–C) groups is 1. The third-order valence-electron chi connectivity index (χ3n) is 1.97. The smallest absolute Gasteiger partial charge is 0.297 e. The van der Waals surface area contributed by atoms with Gasteiger partial charge in [-0.3, -0.25) is 10.1 Å². The van der Waals surface area contributed by atoms with Gasteiger partial charge < -0.3 is 5.73 Å². The number of alkyl halides is 1. The van der Waals surface area contributed by atoms with E-state index in [1.54, 1.807) is 0 Å². The molecule has 0 bridgehead atoms. The van der Waals surface area contributed by atoms with Gasteiger partial charge >= 0.3 is 0 Å². The molecule has 2 aromatic rings. The average molecular weight is 256 g/mol. The molecule has 0 spiro atoms. The molecule has 17 heavy (non-hydrogen) atoms. The van der Waals surface area contributed by atoms with E-state index in [1.165, 1.54) is 12.1 Å². The number of nitro groups is 1. The molecule has 0 fully saturated rings. The Bertz CT molecular complexity index is 608. The van der Waals surface area contributed by atoms with E-state index in [0.717, 1.165) is 0 Å². The van der Waals surface area contributed by atoms with Crippen LogP contribution in [0, 0.1) is 10.1 Å². The van der Waals surface area contributed by atoms with Crippen LogP contribution in [0.2, 0.25) is 0 Å². The molecule has 0 unspecified atom stereocenters. The van der Waals surface area contributed by atoms with Crippen LogP contribution in [0.5, 0.6) is 0 Å². The largest absolute Gasteiger partial charge is 0.386 e. The van der Waals surface area contributed by atoms with Crippen molar-refractivity contribution in [2.24, 2.45) is 10.7 Å². The summed E-state index contributed by atoms with van der Waals surface area (Å²) in [6, 6.07) is 2.67. The van der Waals surface area contributed by atoms with E-state index in [0.29, 0.717) is 5.52 Å². The van der Waals surface area contributed by atoms with Crippen LogP contribution in [0.3, 0.4) is 0 Å². The third kappa shape index (κ3) is 2.02. The Kier molecular flexibility index (Phi) is 2.88. The average Bonchev–Trinajstić information content (AvgIpc) is 2.77. The number of hydrogen-bond donors (Lipinski definition) is 1. The monoisotopic (exact) mass is 255 g/mol. The lowest BCUT2D eigenvalue weighted by Crippen LogP contribution is -2.12. The fourth-order valence-corrected chi connectivity index (χ4v) is 1.32. The van der Waals surface area contributed by atoms with Crippen LogP contribution in [-0.4, -0.2) is 27.0 Å². The summed E-state index contributed by atoms with van der Waals surface area (Å²) in [6.07, 6.45) is 0. The second-order valence-corrected chi connectivity index (χ2v) is 3.33. The quantitative estimate of drug-likeness (QED) is 0.291. The number of rotatable bonds is 3. The minimum atomic E-state index is -0.589. The molecule has 2 N–H and O–H groups in total. The summed E-state index contributed by atoms with van der Waals surface area (Å²) in [7, 11) is 0. The van der Waals surface area contributed by atoms with Crippen molar-refractivity contribution in [1.82, 2.24) is 10.3 Å². The predicted octanol–water partition coefficient (Wildman–Crippen LogP) is 1.36. The molecule has 0 saturated carbocycles.